The third-order valence-corrected chi connectivity index (χ3v) is 11.2. The van der Waals surface area contributed by atoms with Gasteiger partial charge in [0.05, 0.1) is 5.52 Å². The maximum atomic E-state index is 11.8. The number of hydrogen-bond donors (Lipinski definition) is 1. The van der Waals surface area contributed by atoms with Gasteiger partial charge in [-0.3, -0.25) is 9.78 Å². The molecule has 0 amide bonds. The molecule has 51 heavy (non-hydrogen) atoms. The Morgan fingerprint density at radius 3 is 2.20 bits per heavy atom. The Kier molecular flexibility index (Phi) is 13.0. The van der Waals surface area contributed by atoms with E-state index in [-0.39, 0.29) is 31.6 Å². The molecular formula is C44H53F3IrNO2-. The number of hydrogen-bond acceptors (Lipinski definition) is 3. The summed E-state index contributed by atoms with van der Waals surface area (Å²) in [4.78, 5) is 16.4. The summed E-state index contributed by atoms with van der Waals surface area (Å²) in [7, 11) is 0. The van der Waals surface area contributed by atoms with E-state index in [1.54, 1.807) is 13.8 Å². The predicted molar refractivity (Wildman–Crippen MR) is 200 cm³/mol. The van der Waals surface area contributed by atoms with Gasteiger partial charge in [-0.1, -0.05) is 88.7 Å². The molecule has 1 N–H and O–H groups in total. The van der Waals surface area contributed by atoms with Crippen LogP contribution in [0, 0.1) is 31.2 Å². The van der Waals surface area contributed by atoms with Crippen LogP contribution in [-0.2, 0) is 30.3 Å². The number of aromatic nitrogens is 1. The zero-order valence-corrected chi connectivity index (χ0v) is 33.6. The average Bonchev–Trinajstić information content (AvgIpc) is 3.51. The molecule has 0 aliphatic heterocycles. The normalized spacial score (nSPS) is 16.7. The first kappa shape index (κ1) is 40.7. The van der Waals surface area contributed by atoms with Crippen molar-refractivity contribution in [3.63, 3.8) is 0 Å². The fraction of sp³-hybridized carbons (Fsp3) is 0.500. The van der Waals surface area contributed by atoms with Crippen LogP contribution in [0.15, 0.2) is 60.4 Å². The Morgan fingerprint density at radius 1 is 0.980 bits per heavy atom. The van der Waals surface area contributed by atoms with Crippen molar-refractivity contribution in [2.75, 3.05) is 0 Å². The number of carbonyl (C=O) groups excluding carboxylic acids is 1. The van der Waals surface area contributed by atoms with Crippen molar-refractivity contribution in [2.45, 2.75) is 130 Å². The maximum absolute atomic E-state index is 11.8. The summed E-state index contributed by atoms with van der Waals surface area (Å²) in [6, 6.07) is 21.9. The zero-order valence-electron chi connectivity index (χ0n) is 31.2. The minimum Gasteiger partial charge on any atom is -0.504 e. The van der Waals surface area contributed by atoms with Gasteiger partial charge in [0.25, 0.3) is 0 Å². The van der Waals surface area contributed by atoms with Crippen LogP contribution >= 0.6 is 0 Å². The molecule has 2 aliphatic rings. The minimum atomic E-state index is -4.83. The number of pyridine rings is 1. The van der Waals surface area contributed by atoms with Crippen LogP contribution in [0.3, 0.4) is 0 Å². The number of aliphatic hydroxyl groups is 1. The molecule has 0 unspecified atom stereocenters. The molecule has 4 aromatic rings. The third-order valence-electron chi connectivity index (χ3n) is 11.2. The fourth-order valence-corrected chi connectivity index (χ4v) is 8.43. The van der Waals surface area contributed by atoms with Crippen molar-refractivity contribution in [1.82, 2.24) is 4.98 Å². The molecule has 7 heteroatoms. The van der Waals surface area contributed by atoms with Gasteiger partial charge in [-0.25, -0.2) is 0 Å². The van der Waals surface area contributed by atoms with Crippen LogP contribution in [0.25, 0.3) is 32.9 Å². The number of fused-ring (bicyclic) bond motifs is 2. The second-order valence-corrected chi connectivity index (χ2v) is 15.9. The number of aryl methyl sites for hydroxylation is 2. The number of ketones is 1. The summed E-state index contributed by atoms with van der Waals surface area (Å²) < 4.78 is 35.4. The summed E-state index contributed by atoms with van der Waals surface area (Å²) in [5.41, 5.74) is 9.64. The quantitative estimate of drug-likeness (QED) is 0.119. The molecule has 3 nitrogen and oxygen atoms in total. The van der Waals surface area contributed by atoms with Gasteiger partial charge in [0.1, 0.15) is 0 Å². The Morgan fingerprint density at radius 2 is 1.61 bits per heavy atom. The van der Waals surface area contributed by atoms with E-state index in [0.717, 1.165) is 16.8 Å². The van der Waals surface area contributed by atoms with Gasteiger partial charge in [-0.2, -0.15) is 13.2 Å². The van der Waals surface area contributed by atoms with E-state index in [0.29, 0.717) is 24.2 Å². The van der Waals surface area contributed by atoms with Crippen LogP contribution in [0.2, 0.25) is 0 Å². The van der Waals surface area contributed by atoms with E-state index in [4.69, 9.17) is 10.1 Å². The number of rotatable bonds is 6. The largest absolute Gasteiger partial charge is 0.504 e. The topological polar surface area (TPSA) is 50.2 Å². The summed E-state index contributed by atoms with van der Waals surface area (Å²) in [5, 5.41) is 12.4. The number of benzene rings is 3. The smallest absolute Gasteiger partial charge is 0.448 e. The number of allylic oxidation sites excluding steroid dienone is 2. The number of alkyl halides is 3. The van der Waals surface area contributed by atoms with Gasteiger partial charge >= 0.3 is 6.18 Å². The second-order valence-electron chi connectivity index (χ2n) is 15.9. The SMILES string of the molecule is CCC(CC)C(=O)/C=C(\O)C(F)(F)F.Cc1cc(C)c2c(C3CCC4(CCCC4)CC3)cc(-c3[c-]c4ccccc4c(C(C)(C)C)c3)nc2c1.[Ir]. The molecule has 2 saturated carbocycles. The summed E-state index contributed by atoms with van der Waals surface area (Å²) in [6.45, 7) is 14.8. The Bertz CT molecular complexity index is 1870. The Hall–Kier alpha value is -3.02. The fourth-order valence-electron chi connectivity index (χ4n) is 8.43. The van der Waals surface area contributed by atoms with Crippen molar-refractivity contribution < 1.29 is 43.2 Å². The van der Waals surface area contributed by atoms with E-state index in [1.807, 2.05) is 0 Å². The van der Waals surface area contributed by atoms with Crippen LogP contribution in [-0.4, -0.2) is 22.1 Å². The van der Waals surface area contributed by atoms with Crippen molar-refractivity contribution >= 4 is 27.5 Å². The second kappa shape index (κ2) is 16.3. The van der Waals surface area contributed by atoms with Crippen molar-refractivity contribution in [3.8, 4) is 11.3 Å². The van der Waals surface area contributed by atoms with E-state index in [2.05, 4.69) is 89.2 Å². The number of aliphatic hydroxyl groups excluding tert-OH is 1. The van der Waals surface area contributed by atoms with Gasteiger partial charge < -0.3 is 5.11 Å². The van der Waals surface area contributed by atoms with Gasteiger partial charge in [0.15, 0.2) is 5.78 Å². The molecule has 2 aliphatic carbocycles. The molecular weight excluding hydrogens is 824 g/mol. The molecule has 1 spiro atoms. The average molecular weight is 877 g/mol. The van der Waals surface area contributed by atoms with E-state index < -0.39 is 23.6 Å². The molecule has 277 valence electrons. The minimum absolute atomic E-state index is 0. The van der Waals surface area contributed by atoms with Crippen molar-refractivity contribution in [3.05, 3.63) is 88.7 Å². The van der Waals surface area contributed by atoms with E-state index in [1.165, 1.54) is 89.8 Å². The first-order chi connectivity index (χ1) is 23.5. The Labute approximate surface area is 315 Å². The van der Waals surface area contributed by atoms with E-state index in [9.17, 15) is 18.0 Å². The van der Waals surface area contributed by atoms with Gasteiger partial charge in [0, 0.05) is 43.2 Å². The van der Waals surface area contributed by atoms with Crippen molar-refractivity contribution in [2.24, 2.45) is 11.3 Å². The summed E-state index contributed by atoms with van der Waals surface area (Å²) in [6.07, 6.45) is 7.62. The summed E-state index contributed by atoms with van der Waals surface area (Å²) in [5.74, 6) is -2.32. The molecule has 1 radical (unpaired) electrons. The molecule has 1 aromatic heterocycles. The molecule has 0 atom stereocenters. The van der Waals surface area contributed by atoms with Gasteiger partial charge in [-0.15, -0.1) is 29.1 Å². The molecule has 0 bridgehead atoms. The number of nitrogens with zero attached hydrogens (tertiary/aromatic N) is 1. The Balaban J connectivity index is 0.000000333. The number of carbonyl (C=O) groups is 1. The van der Waals surface area contributed by atoms with Crippen LogP contribution < -0.4 is 0 Å². The molecule has 3 aromatic carbocycles. The number of halogens is 3. The van der Waals surface area contributed by atoms with E-state index >= 15 is 0 Å². The molecule has 6 rings (SSSR count). The van der Waals surface area contributed by atoms with Gasteiger partial charge in [-0.05, 0) is 105 Å². The predicted octanol–water partition coefficient (Wildman–Crippen LogP) is 13.0. The van der Waals surface area contributed by atoms with Crippen molar-refractivity contribution in [1.29, 1.82) is 0 Å². The van der Waals surface area contributed by atoms with Crippen LogP contribution in [0.5, 0.6) is 0 Å². The van der Waals surface area contributed by atoms with Gasteiger partial charge in [0.2, 0.25) is 5.76 Å². The van der Waals surface area contributed by atoms with Crippen LogP contribution in [0.1, 0.15) is 127 Å². The maximum Gasteiger partial charge on any atom is 0.448 e. The molecule has 1 heterocycles. The first-order valence-electron chi connectivity index (χ1n) is 18.4. The third kappa shape index (κ3) is 9.32. The molecule has 0 saturated heterocycles. The standard InChI is InChI=1S/C35H40N.C9H13F3O2.Ir/c1-23-18-24(2)33-29(25-12-16-35(17-13-25)14-8-9-15-35)22-31(36-32(33)19-23)27-20-26-10-6-7-11-28(26)30(21-27)34(3,4)5;1-3-6(4-2)7(13)5-8(14)9(10,11)12;/h6-7,10-11,18-19,21-22,25H,8-9,12-17H2,1-5H3;5-6,14H,3-4H2,1-2H3;/q-1;;/b;8-5-;. The zero-order chi connectivity index (χ0) is 36.4. The van der Waals surface area contributed by atoms with Crippen LogP contribution in [0.4, 0.5) is 13.2 Å². The first-order valence-corrected chi connectivity index (χ1v) is 18.4. The monoisotopic (exact) mass is 877 g/mol. The molecule has 2 fully saturated rings. The summed E-state index contributed by atoms with van der Waals surface area (Å²) >= 11 is 0.